The van der Waals surface area contributed by atoms with E-state index in [4.69, 9.17) is 5.11 Å². The molecule has 2 aromatic rings. The van der Waals surface area contributed by atoms with Crippen molar-refractivity contribution in [3.8, 4) is 10.4 Å². The van der Waals surface area contributed by atoms with E-state index >= 15 is 0 Å². The molecule has 0 radical (unpaired) electrons. The van der Waals surface area contributed by atoms with Crippen molar-refractivity contribution in [1.29, 1.82) is 0 Å². The Morgan fingerprint density at radius 3 is 2.50 bits per heavy atom. The Morgan fingerprint density at radius 2 is 1.94 bits per heavy atom. The molecule has 0 bridgehead atoms. The summed E-state index contributed by atoms with van der Waals surface area (Å²) in [5.74, 6) is 0. The molecule has 0 atom stereocenters. The second kappa shape index (κ2) is 4.74. The summed E-state index contributed by atoms with van der Waals surface area (Å²) in [6.45, 7) is 1.74. The van der Waals surface area contributed by atoms with Crippen molar-refractivity contribution < 1.29 is 18.3 Å². The van der Waals surface area contributed by atoms with Gasteiger partial charge in [0.1, 0.15) is 0 Å². The summed E-state index contributed by atoms with van der Waals surface area (Å²) < 4.78 is 37.8. The molecule has 5 heteroatoms. The van der Waals surface area contributed by atoms with E-state index in [0.29, 0.717) is 5.56 Å². The van der Waals surface area contributed by atoms with Crippen LogP contribution in [0.15, 0.2) is 30.3 Å². The van der Waals surface area contributed by atoms with Gasteiger partial charge in [-0.25, -0.2) is 0 Å². The van der Waals surface area contributed by atoms with Gasteiger partial charge in [0, 0.05) is 9.75 Å². The van der Waals surface area contributed by atoms with E-state index in [-0.39, 0.29) is 6.61 Å². The fraction of sp³-hybridized carbons (Fsp3) is 0.231. The van der Waals surface area contributed by atoms with Crippen molar-refractivity contribution in [3.63, 3.8) is 0 Å². The van der Waals surface area contributed by atoms with Crippen LogP contribution < -0.4 is 0 Å². The van der Waals surface area contributed by atoms with E-state index in [1.807, 2.05) is 6.92 Å². The quantitative estimate of drug-likeness (QED) is 0.867. The molecule has 96 valence electrons. The molecular formula is C13H11F3OS. The standard InChI is InChI=1S/C13H11F3OS/c1-8-10(7-17)6-12(18-8)9-3-2-4-11(5-9)13(14,15)16/h2-6,17H,7H2,1H3. The minimum atomic E-state index is -4.33. The Kier molecular flexibility index (Phi) is 3.45. The van der Waals surface area contributed by atoms with Crippen molar-refractivity contribution >= 4 is 11.3 Å². The maximum Gasteiger partial charge on any atom is 0.416 e. The molecule has 1 aromatic heterocycles. The number of benzene rings is 1. The molecule has 0 unspecified atom stereocenters. The third-order valence-electron chi connectivity index (χ3n) is 2.67. The number of alkyl halides is 3. The lowest BCUT2D eigenvalue weighted by atomic mass is 10.1. The zero-order valence-electron chi connectivity index (χ0n) is 9.58. The number of aliphatic hydroxyl groups excluding tert-OH is 1. The Balaban J connectivity index is 2.44. The van der Waals surface area contributed by atoms with Gasteiger partial charge in [-0.2, -0.15) is 13.2 Å². The van der Waals surface area contributed by atoms with Crippen LogP contribution in [0.1, 0.15) is 16.0 Å². The third kappa shape index (κ3) is 2.57. The van der Waals surface area contributed by atoms with Crippen LogP contribution in [-0.4, -0.2) is 5.11 Å². The van der Waals surface area contributed by atoms with Crippen molar-refractivity contribution in [3.05, 3.63) is 46.3 Å². The van der Waals surface area contributed by atoms with Crippen LogP contribution in [0.5, 0.6) is 0 Å². The predicted octanol–water partition coefficient (Wildman–Crippen LogP) is 4.23. The second-order valence-corrected chi connectivity index (χ2v) is 5.19. The number of thiophene rings is 1. The van der Waals surface area contributed by atoms with Crippen molar-refractivity contribution in [2.75, 3.05) is 0 Å². The average Bonchev–Trinajstić information content (AvgIpc) is 2.70. The molecule has 1 nitrogen and oxygen atoms in total. The van der Waals surface area contributed by atoms with Gasteiger partial charge in [0.2, 0.25) is 0 Å². The zero-order valence-corrected chi connectivity index (χ0v) is 10.4. The fourth-order valence-electron chi connectivity index (χ4n) is 1.67. The highest BCUT2D eigenvalue weighted by Gasteiger charge is 2.30. The highest BCUT2D eigenvalue weighted by atomic mass is 32.1. The number of halogens is 3. The first-order valence-corrected chi connectivity index (χ1v) is 6.11. The van der Waals surface area contributed by atoms with Gasteiger partial charge >= 0.3 is 6.18 Å². The van der Waals surface area contributed by atoms with Gasteiger partial charge in [0.25, 0.3) is 0 Å². The van der Waals surface area contributed by atoms with Gasteiger partial charge in [0.15, 0.2) is 0 Å². The third-order valence-corrected chi connectivity index (χ3v) is 3.81. The summed E-state index contributed by atoms with van der Waals surface area (Å²) in [4.78, 5) is 1.66. The topological polar surface area (TPSA) is 20.2 Å². The number of rotatable bonds is 2. The minimum absolute atomic E-state index is 0.0959. The van der Waals surface area contributed by atoms with Crippen LogP contribution in [0, 0.1) is 6.92 Å². The molecule has 1 heterocycles. The van der Waals surface area contributed by atoms with Crippen molar-refractivity contribution in [2.24, 2.45) is 0 Å². The van der Waals surface area contributed by atoms with Gasteiger partial charge in [-0.05, 0) is 36.2 Å². The summed E-state index contributed by atoms with van der Waals surface area (Å²) >= 11 is 1.38. The molecule has 2 rings (SSSR count). The molecule has 0 spiro atoms. The summed E-state index contributed by atoms with van der Waals surface area (Å²) in [6.07, 6.45) is -4.33. The molecule has 0 aliphatic heterocycles. The summed E-state index contributed by atoms with van der Waals surface area (Å²) in [5, 5.41) is 9.09. The lowest BCUT2D eigenvalue weighted by Gasteiger charge is -2.07. The number of hydrogen-bond acceptors (Lipinski definition) is 2. The SMILES string of the molecule is Cc1sc(-c2cccc(C(F)(F)F)c2)cc1CO. The van der Waals surface area contributed by atoms with E-state index in [1.54, 1.807) is 12.1 Å². The lowest BCUT2D eigenvalue weighted by Crippen LogP contribution is -2.04. The smallest absolute Gasteiger partial charge is 0.392 e. The molecule has 0 fully saturated rings. The van der Waals surface area contributed by atoms with Gasteiger partial charge < -0.3 is 5.11 Å². The number of aryl methyl sites for hydroxylation is 1. The fourth-order valence-corrected chi connectivity index (χ4v) is 2.70. The van der Waals surface area contributed by atoms with E-state index in [0.717, 1.165) is 27.5 Å². The maximum atomic E-state index is 12.6. The highest BCUT2D eigenvalue weighted by molar-refractivity contribution is 7.15. The molecule has 0 amide bonds. The predicted molar refractivity (Wildman–Crippen MR) is 65.4 cm³/mol. The first-order valence-electron chi connectivity index (χ1n) is 5.29. The van der Waals surface area contributed by atoms with Crippen LogP contribution in [0.3, 0.4) is 0 Å². The first-order chi connectivity index (χ1) is 8.41. The van der Waals surface area contributed by atoms with E-state index in [9.17, 15) is 13.2 Å². The molecule has 0 saturated carbocycles. The molecule has 0 saturated heterocycles. The van der Waals surface area contributed by atoms with Crippen molar-refractivity contribution in [1.82, 2.24) is 0 Å². The van der Waals surface area contributed by atoms with Gasteiger partial charge in [-0.15, -0.1) is 11.3 Å². The summed E-state index contributed by atoms with van der Waals surface area (Å²) in [6, 6.07) is 6.95. The Bertz CT molecular complexity index is 558. The molecule has 0 aliphatic rings. The second-order valence-electron chi connectivity index (χ2n) is 3.93. The monoisotopic (exact) mass is 272 g/mol. The van der Waals surface area contributed by atoms with Gasteiger partial charge in [-0.3, -0.25) is 0 Å². The van der Waals surface area contributed by atoms with E-state index < -0.39 is 11.7 Å². The molecule has 1 aromatic carbocycles. The summed E-state index contributed by atoms with van der Waals surface area (Å²) in [7, 11) is 0. The number of hydrogen-bond donors (Lipinski definition) is 1. The zero-order chi connectivity index (χ0) is 13.3. The van der Waals surface area contributed by atoms with Crippen LogP contribution >= 0.6 is 11.3 Å². The normalized spacial score (nSPS) is 11.8. The summed E-state index contributed by atoms with van der Waals surface area (Å²) in [5.41, 5.74) is 0.627. The lowest BCUT2D eigenvalue weighted by molar-refractivity contribution is -0.137. The van der Waals surface area contributed by atoms with Crippen molar-refractivity contribution in [2.45, 2.75) is 19.7 Å². The molecular weight excluding hydrogens is 261 g/mol. The largest absolute Gasteiger partial charge is 0.416 e. The first kappa shape index (κ1) is 13.1. The molecule has 18 heavy (non-hydrogen) atoms. The highest BCUT2D eigenvalue weighted by Crippen LogP contribution is 2.35. The van der Waals surface area contributed by atoms with Crippen LogP contribution in [0.25, 0.3) is 10.4 Å². The Morgan fingerprint density at radius 1 is 1.22 bits per heavy atom. The molecule has 0 aliphatic carbocycles. The van der Waals surface area contributed by atoms with E-state index in [2.05, 4.69) is 0 Å². The maximum absolute atomic E-state index is 12.6. The van der Waals surface area contributed by atoms with Crippen LogP contribution in [0.2, 0.25) is 0 Å². The molecule has 1 N–H and O–H groups in total. The Hall–Kier alpha value is -1.33. The number of aliphatic hydroxyl groups is 1. The van der Waals surface area contributed by atoms with Crippen LogP contribution in [-0.2, 0) is 12.8 Å². The average molecular weight is 272 g/mol. The van der Waals surface area contributed by atoms with Gasteiger partial charge in [-0.1, -0.05) is 12.1 Å². The minimum Gasteiger partial charge on any atom is -0.392 e. The Labute approximate surface area is 107 Å². The van der Waals surface area contributed by atoms with E-state index in [1.165, 1.54) is 17.4 Å². The van der Waals surface area contributed by atoms with Gasteiger partial charge in [0.05, 0.1) is 12.2 Å². The van der Waals surface area contributed by atoms with Crippen LogP contribution in [0.4, 0.5) is 13.2 Å².